The summed E-state index contributed by atoms with van der Waals surface area (Å²) < 4.78 is 0. The first-order valence-corrected chi connectivity index (χ1v) is 7.39. The molecule has 1 nitrogen and oxygen atoms in total. The Morgan fingerprint density at radius 1 is 0.750 bits per heavy atom. The summed E-state index contributed by atoms with van der Waals surface area (Å²) in [4.78, 5) is 0. The normalized spacial score (nSPS) is 11.3. The lowest BCUT2D eigenvalue weighted by Gasteiger charge is -2.15. The minimum atomic E-state index is 0.0923. The summed E-state index contributed by atoms with van der Waals surface area (Å²) in [5.41, 5.74) is 2.48. The van der Waals surface area contributed by atoms with Crippen molar-refractivity contribution in [3.63, 3.8) is 0 Å². The average Bonchev–Trinajstić information content (AvgIpc) is 2.51. The summed E-state index contributed by atoms with van der Waals surface area (Å²) in [5.74, 6) is 0. The Morgan fingerprint density at radius 3 is 1.60 bits per heavy atom. The SMILES string of the molecule is CCCCc1c2ccccc2c(CO)c2ccccc12. The van der Waals surface area contributed by atoms with E-state index in [0.717, 1.165) is 12.0 Å². The summed E-state index contributed by atoms with van der Waals surface area (Å²) in [7, 11) is 0. The molecule has 0 fully saturated rings. The van der Waals surface area contributed by atoms with Crippen molar-refractivity contribution < 1.29 is 5.11 Å². The first-order valence-electron chi connectivity index (χ1n) is 7.39. The van der Waals surface area contributed by atoms with Crippen molar-refractivity contribution in [2.75, 3.05) is 0 Å². The molecule has 0 aliphatic heterocycles. The van der Waals surface area contributed by atoms with Gasteiger partial charge in [-0.1, -0.05) is 61.9 Å². The third kappa shape index (κ3) is 2.08. The maximum Gasteiger partial charge on any atom is 0.0693 e. The summed E-state index contributed by atoms with van der Waals surface area (Å²) in [5, 5.41) is 14.8. The fourth-order valence-electron chi connectivity index (χ4n) is 3.10. The van der Waals surface area contributed by atoms with Gasteiger partial charge in [0.25, 0.3) is 0 Å². The number of unbranched alkanes of at least 4 members (excludes halogenated alkanes) is 1. The third-order valence-electron chi connectivity index (χ3n) is 4.09. The van der Waals surface area contributed by atoms with Gasteiger partial charge < -0.3 is 5.11 Å². The summed E-state index contributed by atoms with van der Waals surface area (Å²) in [6.45, 7) is 2.32. The molecule has 3 aromatic rings. The largest absolute Gasteiger partial charge is 0.392 e. The molecule has 0 atom stereocenters. The van der Waals surface area contributed by atoms with Crippen molar-refractivity contribution in [1.29, 1.82) is 0 Å². The van der Waals surface area contributed by atoms with Crippen LogP contribution in [0.3, 0.4) is 0 Å². The molecule has 0 spiro atoms. The molecule has 0 amide bonds. The molecule has 0 heterocycles. The van der Waals surface area contributed by atoms with Crippen LogP contribution in [0.5, 0.6) is 0 Å². The third-order valence-corrected chi connectivity index (χ3v) is 4.09. The van der Waals surface area contributed by atoms with Crippen molar-refractivity contribution in [2.45, 2.75) is 32.8 Å². The highest BCUT2D eigenvalue weighted by Crippen LogP contribution is 2.33. The van der Waals surface area contributed by atoms with Gasteiger partial charge in [0.15, 0.2) is 0 Å². The minimum absolute atomic E-state index is 0.0923. The van der Waals surface area contributed by atoms with Crippen LogP contribution in [0.2, 0.25) is 0 Å². The second kappa shape index (κ2) is 5.64. The zero-order chi connectivity index (χ0) is 13.9. The van der Waals surface area contributed by atoms with Crippen molar-refractivity contribution in [2.24, 2.45) is 0 Å². The highest BCUT2D eigenvalue weighted by Gasteiger charge is 2.12. The molecule has 1 N–H and O–H groups in total. The zero-order valence-electron chi connectivity index (χ0n) is 11.9. The Bertz CT molecular complexity index is 686. The smallest absolute Gasteiger partial charge is 0.0693 e. The number of benzene rings is 3. The molecular weight excluding hydrogens is 244 g/mol. The lowest BCUT2D eigenvalue weighted by molar-refractivity contribution is 0.285. The van der Waals surface area contributed by atoms with Gasteiger partial charge in [-0.15, -0.1) is 0 Å². The molecule has 3 aromatic carbocycles. The van der Waals surface area contributed by atoms with E-state index in [0.29, 0.717) is 0 Å². The van der Waals surface area contributed by atoms with Crippen LogP contribution in [0.4, 0.5) is 0 Å². The molecule has 0 saturated heterocycles. The van der Waals surface area contributed by atoms with Gasteiger partial charge in [0, 0.05) is 0 Å². The molecule has 0 saturated carbocycles. The van der Waals surface area contributed by atoms with Crippen LogP contribution in [-0.4, -0.2) is 5.11 Å². The van der Waals surface area contributed by atoms with Crippen LogP contribution in [-0.2, 0) is 13.0 Å². The van der Waals surface area contributed by atoms with Crippen molar-refractivity contribution in [3.8, 4) is 0 Å². The second-order valence-corrected chi connectivity index (χ2v) is 5.31. The van der Waals surface area contributed by atoms with E-state index in [4.69, 9.17) is 0 Å². The number of hydrogen-bond donors (Lipinski definition) is 1. The fourth-order valence-corrected chi connectivity index (χ4v) is 3.10. The molecule has 0 aromatic heterocycles. The van der Waals surface area contributed by atoms with E-state index in [2.05, 4.69) is 55.5 Å². The predicted molar refractivity (Wildman–Crippen MR) is 86.0 cm³/mol. The first kappa shape index (κ1) is 13.1. The lowest BCUT2D eigenvalue weighted by Crippen LogP contribution is -1.96. The van der Waals surface area contributed by atoms with E-state index in [1.54, 1.807) is 0 Å². The van der Waals surface area contributed by atoms with Gasteiger partial charge in [-0.2, -0.15) is 0 Å². The Kier molecular flexibility index (Phi) is 3.70. The second-order valence-electron chi connectivity index (χ2n) is 5.31. The number of fused-ring (bicyclic) bond motifs is 2. The van der Waals surface area contributed by atoms with E-state index >= 15 is 0 Å². The van der Waals surface area contributed by atoms with Crippen molar-refractivity contribution in [1.82, 2.24) is 0 Å². The Labute approximate surface area is 119 Å². The van der Waals surface area contributed by atoms with Gasteiger partial charge >= 0.3 is 0 Å². The molecular formula is C19H20O. The molecule has 20 heavy (non-hydrogen) atoms. The van der Waals surface area contributed by atoms with Crippen LogP contribution >= 0.6 is 0 Å². The van der Waals surface area contributed by atoms with Gasteiger partial charge in [-0.05, 0) is 45.5 Å². The Balaban J connectivity index is 2.42. The van der Waals surface area contributed by atoms with Crippen LogP contribution in [0.25, 0.3) is 21.5 Å². The van der Waals surface area contributed by atoms with Crippen LogP contribution in [0.15, 0.2) is 48.5 Å². The first-order chi connectivity index (χ1) is 9.86. The number of aliphatic hydroxyl groups is 1. The van der Waals surface area contributed by atoms with Gasteiger partial charge in [0.2, 0.25) is 0 Å². The van der Waals surface area contributed by atoms with E-state index in [1.165, 1.54) is 39.9 Å². The number of rotatable bonds is 4. The van der Waals surface area contributed by atoms with E-state index < -0.39 is 0 Å². The van der Waals surface area contributed by atoms with E-state index in [1.807, 2.05) is 0 Å². The summed E-state index contributed by atoms with van der Waals surface area (Å²) in [6.07, 6.45) is 3.50. The maximum atomic E-state index is 9.80. The topological polar surface area (TPSA) is 20.2 Å². The lowest BCUT2D eigenvalue weighted by atomic mass is 9.90. The Hall–Kier alpha value is -1.86. The maximum absolute atomic E-state index is 9.80. The summed E-state index contributed by atoms with van der Waals surface area (Å²) >= 11 is 0. The Morgan fingerprint density at radius 2 is 1.20 bits per heavy atom. The quantitative estimate of drug-likeness (QED) is 0.669. The van der Waals surface area contributed by atoms with E-state index in [9.17, 15) is 5.11 Å². The highest BCUT2D eigenvalue weighted by atomic mass is 16.3. The standard InChI is InChI=1S/C19H20O/c1-2-3-8-14-15-9-4-6-11-17(15)19(13-20)18-12-7-5-10-16(14)18/h4-7,9-12,20H,2-3,8,13H2,1H3. The molecule has 0 aliphatic carbocycles. The number of aliphatic hydroxyl groups excluding tert-OH is 1. The van der Waals surface area contributed by atoms with Crippen molar-refractivity contribution in [3.05, 3.63) is 59.7 Å². The van der Waals surface area contributed by atoms with Crippen LogP contribution < -0.4 is 0 Å². The van der Waals surface area contributed by atoms with Crippen LogP contribution in [0, 0.1) is 0 Å². The average molecular weight is 264 g/mol. The van der Waals surface area contributed by atoms with Gasteiger partial charge in [0.05, 0.1) is 6.61 Å². The molecule has 1 heteroatoms. The predicted octanol–water partition coefficient (Wildman–Crippen LogP) is 4.83. The molecule has 102 valence electrons. The monoisotopic (exact) mass is 264 g/mol. The molecule has 0 radical (unpaired) electrons. The number of hydrogen-bond acceptors (Lipinski definition) is 1. The number of aryl methyl sites for hydroxylation is 1. The molecule has 3 rings (SSSR count). The minimum Gasteiger partial charge on any atom is -0.392 e. The van der Waals surface area contributed by atoms with Crippen LogP contribution in [0.1, 0.15) is 30.9 Å². The van der Waals surface area contributed by atoms with E-state index in [-0.39, 0.29) is 6.61 Å². The summed E-state index contributed by atoms with van der Waals surface area (Å²) in [6, 6.07) is 16.9. The van der Waals surface area contributed by atoms with Gasteiger partial charge in [-0.3, -0.25) is 0 Å². The van der Waals surface area contributed by atoms with Crippen molar-refractivity contribution >= 4 is 21.5 Å². The molecule has 0 bridgehead atoms. The van der Waals surface area contributed by atoms with Gasteiger partial charge in [0.1, 0.15) is 0 Å². The molecule has 0 unspecified atom stereocenters. The van der Waals surface area contributed by atoms with Gasteiger partial charge in [-0.25, -0.2) is 0 Å². The molecule has 0 aliphatic rings. The fraction of sp³-hybridized carbons (Fsp3) is 0.263. The highest BCUT2D eigenvalue weighted by molar-refractivity contribution is 6.05. The zero-order valence-corrected chi connectivity index (χ0v) is 11.9.